The van der Waals surface area contributed by atoms with Crippen molar-refractivity contribution >= 4 is 22.6 Å². The number of benzene rings is 3. The van der Waals surface area contributed by atoms with Crippen LogP contribution in [0.4, 0.5) is 10.5 Å². The van der Waals surface area contributed by atoms with Crippen LogP contribution >= 0.6 is 0 Å². The summed E-state index contributed by atoms with van der Waals surface area (Å²) in [5.41, 5.74) is 3.20. The SMILES string of the molecule is O=C(Nc1cccc2ccccc12)O[C@H]1CCCc2ccccc21. The fourth-order valence-electron chi connectivity index (χ4n) is 3.43. The Kier molecular flexibility index (Phi) is 3.91. The summed E-state index contributed by atoms with van der Waals surface area (Å²) >= 11 is 0. The van der Waals surface area contributed by atoms with Crippen molar-refractivity contribution in [2.75, 3.05) is 5.32 Å². The lowest BCUT2D eigenvalue weighted by atomic mass is 9.89. The minimum absolute atomic E-state index is 0.162. The zero-order valence-electron chi connectivity index (χ0n) is 13.4. The topological polar surface area (TPSA) is 38.3 Å². The maximum absolute atomic E-state index is 12.4. The van der Waals surface area contributed by atoms with Gasteiger partial charge in [0, 0.05) is 5.39 Å². The van der Waals surface area contributed by atoms with E-state index in [1.165, 1.54) is 5.56 Å². The molecule has 3 aromatic rings. The lowest BCUT2D eigenvalue weighted by molar-refractivity contribution is 0.1000. The first-order valence-corrected chi connectivity index (χ1v) is 8.34. The summed E-state index contributed by atoms with van der Waals surface area (Å²) in [6, 6.07) is 22.1. The van der Waals surface area contributed by atoms with E-state index in [4.69, 9.17) is 4.74 Å². The molecule has 0 aromatic heterocycles. The molecule has 0 fully saturated rings. The van der Waals surface area contributed by atoms with E-state index in [0.29, 0.717) is 0 Å². The van der Waals surface area contributed by atoms with Crippen molar-refractivity contribution in [3.8, 4) is 0 Å². The fourth-order valence-corrected chi connectivity index (χ4v) is 3.43. The fraction of sp³-hybridized carbons (Fsp3) is 0.190. The molecule has 3 aromatic carbocycles. The number of fused-ring (bicyclic) bond motifs is 2. The summed E-state index contributed by atoms with van der Waals surface area (Å²) in [5.74, 6) is 0. The summed E-state index contributed by atoms with van der Waals surface area (Å²) in [6.45, 7) is 0. The highest BCUT2D eigenvalue weighted by molar-refractivity contribution is 6.00. The number of carbonyl (C=O) groups excluding carboxylic acids is 1. The van der Waals surface area contributed by atoms with Gasteiger partial charge in [0.05, 0.1) is 5.69 Å². The molecule has 0 unspecified atom stereocenters. The smallest absolute Gasteiger partial charge is 0.412 e. The van der Waals surface area contributed by atoms with E-state index in [0.717, 1.165) is 41.3 Å². The van der Waals surface area contributed by atoms with Crippen molar-refractivity contribution in [2.24, 2.45) is 0 Å². The van der Waals surface area contributed by atoms with Crippen LogP contribution < -0.4 is 5.32 Å². The van der Waals surface area contributed by atoms with Gasteiger partial charge in [-0.3, -0.25) is 5.32 Å². The van der Waals surface area contributed by atoms with Crippen LogP contribution in [-0.2, 0) is 11.2 Å². The number of hydrogen-bond donors (Lipinski definition) is 1. The van der Waals surface area contributed by atoms with E-state index in [2.05, 4.69) is 17.4 Å². The molecule has 120 valence electrons. The number of anilines is 1. The van der Waals surface area contributed by atoms with E-state index in [-0.39, 0.29) is 6.10 Å². The zero-order chi connectivity index (χ0) is 16.4. The van der Waals surface area contributed by atoms with Gasteiger partial charge in [0.2, 0.25) is 0 Å². The molecule has 0 spiro atoms. The Morgan fingerprint density at radius 3 is 2.71 bits per heavy atom. The molecule has 0 aliphatic heterocycles. The Hall–Kier alpha value is -2.81. The van der Waals surface area contributed by atoms with Gasteiger partial charge in [-0.05, 0) is 41.8 Å². The van der Waals surface area contributed by atoms with Crippen LogP contribution in [0.5, 0.6) is 0 Å². The van der Waals surface area contributed by atoms with Crippen LogP contribution in [0.2, 0.25) is 0 Å². The predicted molar refractivity (Wildman–Crippen MR) is 96.2 cm³/mol. The Bertz CT molecular complexity index is 882. The summed E-state index contributed by atoms with van der Waals surface area (Å²) < 4.78 is 5.72. The molecule has 3 heteroatoms. The highest BCUT2D eigenvalue weighted by Crippen LogP contribution is 2.33. The van der Waals surface area contributed by atoms with Crippen LogP contribution in [0.15, 0.2) is 66.7 Å². The van der Waals surface area contributed by atoms with Gasteiger partial charge in [-0.15, -0.1) is 0 Å². The minimum Gasteiger partial charge on any atom is -0.441 e. The average Bonchev–Trinajstić information content (AvgIpc) is 2.62. The summed E-state index contributed by atoms with van der Waals surface area (Å²) in [6.07, 6.45) is 2.42. The first-order chi connectivity index (χ1) is 11.8. The maximum Gasteiger partial charge on any atom is 0.412 e. The quantitative estimate of drug-likeness (QED) is 0.681. The van der Waals surface area contributed by atoms with E-state index >= 15 is 0 Å². The molecule has 1 atom stereocenters. The second kappa shape index (κ2) is 6.36. The van der Waals surface area contributed by atoms with Crippen molar-refractivity contribution in [1.82, 2.24) is 0 Å². The first kappa shape index (κ1) is 14.8. The van der Waals surface area contributed by atoms with Gasteiger partial charge in [-0.1, -0.05) is 60.7 Å². The average molecular weight is 317 g/mol. The van der Waals surface area contributed by atoms with Gasteiger partial charge < -0.3 is 4.74 Å². The molecule has 1 aliphatic rings. The zero-order valence-corrected chi connectivity index (χ0v) is 13.4. The number of rotatable bonds is 2. The van der Waals surface area contributed by atoms with Gasteiger partial charge in [0.1, 0.15) is 6.10 Å². The molecule has 0 saturated carbocycles. The number of nitrogens with one attached hydrogen (secondary N) is 1. The van der Waals surface area contributed by atoms with Crippen molar-refractivity contribution in [3.63, 3.8) is 0 Å². The predicted octanol–water partition coefficient (Wildman–Crippen LogP) is 5.47. The number of hydrogen-bond acceptors (Lipinski definition) is 2. The third-order valence-corrected chi connectivity index (χ3v) is 4.59. The molecule has 1 aliphatic carbocycles. The molecule has 0 heterocycles. The van der Waals surface area contributed by atoms with E-state index < -0.39 is 6.09 Å². The molecule has 0 radical (unpaired) electrons. The van der Waals surface area contributed by atoms with Gasteiger partial charge in [-0.25, -0.2) is 4.79 Å². The third-order valence-electron chi connectivity index (χ3n) is 4.59. The van der Waals surface area contributed by atoms with Crippen LogP contribution in [0.25, 0.3) is 10.8 Å². The second-order valence-electron chi connectivity index (χ2n) is 6.14. The Balaban J connectivity index is 1.53. The molecule has 1 amide bonds. The van der Waals surface area contributed by atoms with Gasteiger partial charge in [0.15, 0.2) is 0 Å². The van der Waals surface area contributed by atoms with Crippen molar-refractivity contribution in [2.45, 2.75) is 25.4 Å². The number of amides is 1. The summed E-state index contributed by atoms with van der Waals surface area (Å²) in [7, 11) is 0. The van der Waals surface area contributed by atoms with E-state index in [1.807, 2.05) is 54.6 Å². The minimum atomic E-state index is -0.395. The first-order valence-electron chi connectivity index (χ1n) is 8.34. The normalized spacial score (nSPS) is 16.4. The van der Waals surface area contributed by atoms with Crippen molar-refractivity contribution in [1.29, 1.82) is 0 Å². The van der Waals surface area contributed by atoms with E-state index in [1.54, 1.807) is 0 Å². The molecule has 24 heavy (non-hydrogen) atoms. The molecule has 3 nitrogen and oxygen atoms in total. The lowest BCUT2D eigenvalue weighted by Crippen LogP contribution is -2.20. The number of aryl methyl sites for hydroxylation is 1. The van der Waals surface area contributed by atoms with Crippen LogP contribution in [0, 0.1) is 0 Å². The van der Waals surface area contributed by atoms with Gasteiger partial charge in [0.25, 0.3) is 0 Å². The van der Waals surface area contributed by atoms with E-state index in [9.17, 15) is 4.79 Å². The van der Waals surface area contributed by atoms with Crippen molar-refractivity contribution < 1.29 is 9.53 Å². The Morgan fingerprint density at radius 2 is 1.75 bits per heavy atom. The molecule has 0 bridgehead atoms. The molecule has 0 saturated heterocycles. The number of ether oxygens (including phenoxy) is 1. The second-order valence-corrected chi connectivity index (χ2v) is 6.14. The van der Waals surface area contributed by atoms with Crippen molar-refractivity contribution in [3.05, 3.63) is 77.9 Å². The Morgan fingerprint density at radius 1 is 0.958 bits per heavy atom. The summed E-state index contributed by atoms with van der Waals surface area (Å²) in [5, 5.41) is 5.01. The molecule has 1 N–H and O–H groups in total. The Labute approximate surface area is 141 Å². The molecular weight excluding hydrogens is 298 g/mol. The maximum atomic E-state index is 12.4. The lowest BCUT2D eigenvalue weighted by Gasteiger charge is -2.25. The number of carbonyl (C=O) groups is 1. The monoisotopic (exact) mass is 317 g/mol. The van der Waals surface area contributed by atoms with Crippen LogP contribution in [0.3, 0.4) is 0 Å². The molecule has 4 rings (SSSR count). The van der Waals surface area contributed by atoms with Gasteiger partial charge in [-0.2, -0.15) is 0 Å². The molecular formula is C21H19NO2. The highest BCUT2D eigenvalue weighted by atomic mass is 16.6. The standard InChI is InChI=1S/C21H19NO2/c23-21(22-19-13-5-9-15-7-1-3-11-17(15)19)24-20-14-6-10-16-8-2-4-12-18(16)20/h1-5,7-9,11-13,20H,6,10,14H2,(H,22,23)/t20-/m0/s1. The largest absolute Gasteiger partial charge is 0.441 e. The third kappa shape index (κ3) is 2.85. The van der Waals surface area contributed by atoms with Crippen LogP contribution in [0.1, 0.15) is 30.1 Å². The van der Waals surface area contributed by atoms with Gasteiger partial charge >= 0.3 is 6.09 Å². The summed E-state index contributed by atoms with van der Waals surface area (Å²) in [4.78, 5) is 12.4. The van der Waals surface area contributed by atoms with Crippen LogP contribution in [-0.4, -0.2) is 6.09 Å². The highest BCUT2D eigenvalue weighted by Gasteiger charge is 2.23.